The van der Waals surface area contributed by atoms with Crippen LogP contribution < -0.4 is 0 Å². The molecule has 0 amide bonds. The van der Waals surface area contributed by atoms with Crippen LogP contribution in [-0.4, -0.2) is 15.0 Å². The highest BCUT2D eigenvalue weighted by Gasteiger charge is 2.21. The van der Waals surface area contributed by atoms with E-state index in [2.05, 4.69) is 103 Å². The molecular formula is C47H27N3O2. The second kappa shape index (κ2) is 11.2. The van der Waals surface area contributed by atoms with Crippen LogP contribution in [0.2, 0.25) is 0 Å². The molecule has 5 nitrogen and oxygen atoms in total. The molecule has 0 atom stereocenters. The molecule has 11 rings (SSSR count). The Morgan fingerprint density at radius 3 is 1.88 bits per heavy atom. The van der Waals surface area contributed by atoms with Crippen molar-refractivity contribution in [2.75, 3.05) is 0 Å². The number of aromatic nitrogens is 3. The molecule has 0 aliphatic heterocycles. The number of benzene rings is 8. The van der Waals surface area contributed by atoms with E-state index >= 15 is 0 Å². The molecule has 0 radical (unpaired) electrons. The van der Waals surface area contributed by atoms with E-state index in [0.717, 1.165) is 82.5 Å². The van der Waals surface area contributed by atoms with Gasteiger partial charge in [0, 0.05) is 43.6 Å². The Labute approximate surface area is 297 Å². The van der Waals surface area contributed by atoms with Gasteiger partial charge in [-0.2, -0.15) is 0 Å². The first-order valence-corrected chi connectivity index (χ1v) is 17.3. The lowest BCUT2D eigenvalue weighted by atomic mass is 9.94. The molecule has 11 aromatic rings. The molecule has 8 aromatic carbocycles. The maximum absolute atomic E-state index is 6.82. The summed E-state index contributed by atoms with van der Waals surface area (Å²) in [6, 6.07) is 56.3. The molecule has 0 aliphatic carbocycles. The van der Waals surface area contributed by atoms with Crippen LogP contribution in [0.5, 0.6) is 0 Å². The van der Waals surface area contributed by atoms with Crippen molar-refractivity contribution < 1.29 is 8.83 Å². The first-order valence-electron chi connectivity index (χ1n) is 17.3. The zero-order valence-electron chi connectivity index (χ0n) is 27.7. The van der Waals surface area contributed by atoms with Gasteiger partial charge in [-0.3, -0.25) is 0 Å². The number of nitrogens with zero attached hydrogens (tertiary/aromatic N) is 3. The SMILES string of the molecule is c1ccc(-c2nc(-c3cc(-c4ccc5ccccc5c4)c4c(c3)oc3c5ccccc5ccc34)nc(-c3cccc4oc5ccccc5c34)n2)cc1. The van der Waals surface area contributed by atoms with Crippen LogP contribution in [0.4, 0.5) is 0 Å². The van der Waals surface area contributed by atoms with Crippen molar-refractivity contribution in [2.24, 2.45) is 0 Å². The quantitative estimate of drug-likeness (QED) is 0.187. The van der Waals surface area contributed by atoms with Gasteiger partial charge in [-0.15, -0.1) is 0 Å². The fourth-order valence-corrected chi connectivity index (χ4v) is 7.65. The smallest absolute Gasteiger partial charge is 0.164 e. The Morgan fingerprint density at radius 1 is 0.327 bits per heavy atom. The standard InChI is InChI=1S/C47H27N3O2/c1-2-13-30(14-3-1)45-48-46(50-47(49-45)37-18-10-20-40-42(37)35-17-8-9-19-39(35)51-40)33-26-38(32-22-21-28-11-4-5-15-31(28)25-32)43-36-24-23-29-12-6-7-16-34(29)44(36)52-41(43)27-33/h1-27H. The number of rotatable bonds is 4. The van der Waals surface area contributed by atoms with Crippen LogP contribution in [-0.2, 0) is 0 Å². The third kappa shape index (κ3) is 4.46. The normalized spacial score (nSPS) is 11.8. The van der Waals surface area contributed by atoms with E-state index in [0.29, 0.717) is 17.5 Å². The van der Waals surface area contributed by atoms with Crippen LogP contribution in [0.15, 0.2) is 173 Å². The van der Waals surface area contributed by atoms with Gasteiger partial charge in [0.05, 0.1) is 0 Å². The molecule has 5 heteroatoms. The summed E-state index contributed by atoms with van der Waals surface area (Å²) < 4.78 is 13.1. The highest BCUT2D eigenvalue weighted by molar-refractivity contribution is 6.20. The van der Waals surface area contributed by atoms with Gasteiger partial charge in [0.25, 0.3) is 0 Å². The fourth-order valence-electron chi connectivity index (χ4n) is 7.65. The maximum Gasteiger partial charge on any atom is 0.164 e. The van der Waals surface area contributed by atoms with E-state index in [1.807, 2.05) is 60.7 Å². The second-order valence-electron chi connectivity index (χ2n) is 13.2. The molecule has 0 aliphatic rings. The van der Waals surface area contributed by atoms with E-state index in [1.54, 1.807) is 0 Å². The van der Waals surface area contributed by atoms with Crippen LogP contribution >= 0.6 is 0 Å². The molecule has 0 unspecified atom stereocenters. The number of hydrogen-bond acceptors (Lipinski definition) is 5. The van der Waals surface area contributed by atoms with E-state index < -0.39 is 0 Å². The summed E-state index contributed by atoms with van der Waals surface area (Å²) in [5.74, 6) is 1.72. The highest BCUT2D eigenvalue weighted by Crippen LogP contribution is 2.43. The molecule has 0 saturated heterocycles. The Hall–Kier alpha value is -7.11. The molecular weight excluding hydrogens is 639 g/mol. The van der Waals surface area contributed by atoms with Crippen LogP contribution in [0.3, 0.4) is 0 Å². The number of hydrogen-bond donors (Lipinski definition) is 0. The van der Waals surface area contributed by atoms with Gasteiger partial charge >= 0.3 is 0 Å². The zero-order chi connectivity index (χ0) is 34.2. The lowest BCUT2D eigenvalue weighted by Gasteiger charge is -2.12. The first-order chi connectivity index (χ1) is 25.7. The van der Waals surface area contributed by atoms with Crippen molar-refractivity contribution in [1.29, 1.82) is 0 Å². The summed E-state index contributed by atoms with van der Waals surface area (Å²) >= 11 is 0. The Morgan fingerprint density at radius 2 is 1.00 bits per heavy atom. The fraction of sp³-hybridized carbons (Fsp3) is 0. The van der Waals surface area contributed by atoms with E-state index in [9.17, 15) is 0 Å². The average Bonchev–Trinajstić information content (AvgIpc) is 3.79. The van der Waals surface area contributed by atoms with Crippen LogP contribution in [0, 0.1) is 0 Å². The minimum Gasteiger partial charge on any atom is -0.456 e. The summed E-state index contributed by atoms with van der Waals surface area (Å²) in [6.07, 6.45) is 0. The third-order valence-corrected chi connectivity index (χ3v) is 10.1. The second-order valence-corrected chi connectivity index (χ2v) is 13.2. The van der Waals surface area contributed by atoms with Crippen molar-refractivity contribution in [3.63, 3.8) is 0 Å². The van der Waals surface area contributed by atoms with Crippen LogP contribution in [0.25, 0.3) is 111 Å². The van der Waals surface area contributed by atoms with Gasteiger partial charge in [0.1, 0.15) is 22.3 Å². The lowest BCUT2D eigenvalue weighted by Crippen LogP contribution is -2.00. The van der Waals surface area contributed by atoms with Gasteiger partial charge in [-0.1, -0.05) is 127 Å². The maximum atomic E-state index is 6.82. The zero-order valence-corrected chi connectivity index (χ0v) is 27.7. The van der Waals surface area contributed by atoms with Gasteiger partial charge in [-0.25, -0.2) is 15.0 Å². The molecule has 52 heavy (non-hydrogen) atoms. The predicted octanol–water partition coefficient (Wildman–Crippen LogP) is 12.6. The van der Waals surface area contributed by atoms with Gasteiger partial charge < -0.3 is 8.83 Å². The average molecular weight is 666 g/mol. The molecule has 3 heterocycles. The molecule has 0 bridgehead atoms. The largest absolute Gasteiger partial charge is 0.456 e. The third-order valence-electron chi connectivity index (χ3n) is 10.1. The lowest BCUT2D eigenvalue weighted by molar-refractivity contribution is 0.669. The van der Waals surface area contributed by atoms with Crippen molar-refractivity contribution >= 4 is 65.4 Å². The summed E-state index contributed by atoms with van der Waals surface area (Å²) in [5.41, 5.74) is 8.03. The topological polar surface area (TPSA) is 65.0 Å². The van der Waals surface area contributed by atoms with Crippen molar-refractivity contribution in [2.45, 2.75) is 0 Å². The Bertz CT molecular complexity index is 3190. The molecule has 0 fully saturated rings. The van der Waals surface area contributed by atoms with E-state index in [1.165, 1.54) is 10.8 Å². The minimum atomic E-state index is 0.558. The number of furan rings is 2. The Kier molecular flexibility index (Phi) is 6.18. The summed E-state index contributed by atoms with van der Waals surface area (Å²) in [6.45, 7) is 0. The van der Waals surface area contributed by atoms with Gasteiger partial charge in [0.15, 0.2) is 17.5 Å². The van der Waals surface area contributed by atoms with Gasteiger partial charge in [0.2, 0.25) is 0 Å². The van der Waals surface area contributed by atoms with E-state index in [-0.39, 0.29) is 0 Å². The number of fused-ring (bicyclic) bond motifs is 9. The van der Waals surface area contributed by atoms with E-state index in [4.69, 9.17) is 23.8 Å². The number of para-hydroxylation sites is 1. The first kappa shape index (κ1) is 28.7. The predicted molar refractivity (Wildman–Crippen MR) is 211 cm³/mol. The molecule has 3 aromatic heterocycles. The minimum absolute atomic E-state index is 0.558. The highest BCUT2D eigenvalue weighted by atomic mass is 16.3. The molecule has 0 saturated carbocycles. The van der Waals surface area contributed by atoms with Gasteiger partial charge in [-0.05, 0) is 63.7 Å². The van der Waals surface area contributed by atoms with Crippen molar-refractivity contribution in [3.8, 4) is 45.3 Å². The molecule has 242 valence electrons. The van der Waals surface area contributed by atoms with Crippen LogP contribution in [0.1, 0.15) is 0 Å². The molecule has 0 N–H and O–H groups in total. The monoisotopic (exact) mass is 665 g/mol. The molecule has 0 spiro atoms. The summed E-state index contributed by atoms with van der Waals surface area (Å²) in [4.78, 5) is 15.5. The van der Waals surface area contributed by atoms with Crippen molar-refractivity contribution in [1.82, 2.24) is 15.0 Å². The van der Waals surface area contributed by atoms with Crippen molar-refractivity contribution in [3.05, 3.63) is 164 Å². The summed E-state index contributed by atoms with van der Waals surface area (Å²) in [5, 5.41) is 8.71. The summed E-state index contributed by atoms with van der Waals surface area (Å²) in [7, 11) is 0. The Balaban J connectivity index is 1.22.